The van der Waals surface area contributed by atoms with Gasteiger partial charge >= 0.3 is 5.69 Å². The number of fused-ring (bicyclic) bond motifs is 1. The zero-order valence-corrected chi connectivity index (χ0v) is 18.7. The average Bonchev–Trinajstić information content (AvgIpc) is 3.39. The van der Waals surface area contributed by atoms with Crippen molar-refractivity contribution in [1.29, 1.82) is 0 Å². The topological polar surface area (TPSA) is 117 Å². The van der Waals surface area contributed by atoms with Crippen molar-refractivity contribution in [3.8, 4) is 0 Å². The molecule has 1 aromatic carbocycles. The van der Waals surface area contributed by atoms with Gasteiger partial charge in [0.05, 0.1) is 18.2 Å². The van der Waals surface area contributed by atoms with E-state index in [-0.39, 0.29) is 23.8 Å². The van der Waals surface area contributed by atoms with Crippen LogP contribution in [0.25, 0.3) is 11.2 Å². The summed E-state index contributed by atoms with van der Waals surface area (Å²) in [5, 5.41) is 0. The van der Waals surface area contributed by atoms with E-state index in [4.69, 9.17) is 0 Å². The highest BCUT2D eigenvalue weighted by Crippen LogP contribution is 2.27. The van der Waals surface area contributed by atoms with Crippen LogP contribution in [0.5, 0.6) is 0 Å². The van der Waals surface area contributed by atoms with Gasteiger partial charge in [0.25, 0.3) is 11.5 Å². The number of nitrogens with zero attached hydrogens (tertiary/aromatic N) is 6. The molecule has 11 heteroatoms. The van der Waals surface area contributed by atoms with E-state index in [0.29, 0.717) is 43.5 Å². The molecule has 0 radical (unpaired) electrons. The average molecular weight is 451 g/mol. The van der Waals surface area contributed by atoms with Crippen LogP contribution in [0, 0.1) is 6.92 Å². The minimum atomic E-state index is -0.482. The number of aromatic nitrogens is 4. The highest BCUT2D eigenvalue weighted by molar-refractivity contribution is 6.22. The number of carbonyl (C=O) groups is 2. The highest BCUT2D eigenvalue weighted by atomic mass is 16.2. The molecule has 1 N–H and O–H groups in total. The number of hydrogen-bond acceptors (Lipinski definition) is 7. The maximum absolute atomic E-state index is 13.1. The lowest BCUT2D eigenvalue weighted by Crippen LogP contribution is -2.52. The molecule has 5 rings (SSSR count). The lowest BCUT2D eigenvalue weighted by molar-refractivity contribution is -0.123. The molecule has 1 atom stereocenters. The largest absolute Gasteiger partial charge is 0.340 e. The third-order valence-electron chi connectivity index (χ3n) is 6.55. The van der Waals surface area contributed by atoms with Crippen LogP contribution in [-0.4, -0.2) is 68.0 Å². The highest BCUT2D eigenvalue weighted by Gasteiger charge is 2.43. The predicted molar refractivity (Wildman–Crippen MR) is 122 cm³/mol. The number of nitrogens with one attached hydrogen (secondary N) is 1. The van der Waals surface area contributed by atoms with E-state index in [0.717, 1.165) is 10.1 Å². The van der Waals surface area contributed by atoms with Crippen molar-refractivity contribution >= 4 is 34.6 Å². The van der Waals surface area contributed by atoms with E-state index in [1.165, 1.54) is 16.5 Å². The first-order valence-electron chi connectivity index (χ1n) is 10.8. The first-order chi connectivity index (χ1) is 15.8. The van der Waals surface area contributed by atoms with Gasteiger partial charge in [0.2, 0.25) is 11.9 Å². The van der Waals surface area contributed by atoms with E-state index >= 15 is 0 Å². The van der Waals surface area contributed by atoms with Crippen LogP contribution in [-0.2, 0) is 23.7 Å². The van der Waals surface area contributed by atoms with Crippen LogP contribution in [0.3, 0.4) is 0 Å². The van der Waals surface area contributed by atoms with Crippen molar-refractivity contribution in [3.05, 3.63) is 50.7 Å². The Morgan fingerprint density at radius 3 is 2.27 bits per heavy atom. The molecule has 4 heterocycles. The molecule has 2 aliphatic rings. The Labute approximate surface area is 188 Å². The van der Waals surface area contributed by atoms with Crippen LogP contribution in [0.1, 0.15) is 12.0 Å². The number of hydrogen-bond donors (Lipinski definition) is 1. The smallest absolute Gasteiger partial charge is 0.332 e. The quantitative estimate of drug-likeness (QED) is 0.545. The van der Waals surface area contributed by atoms with Gasteiger partial charge < -0.3 is 9.88 Å². The van der Waals surface area contributed by atoms with Crippen LogP contribution in [0.2, 0.25) is 0 Å². The summed E-state index contributed by atoms with van der Waals surface area (Å²) >= 11 is 0. The number of amides is 2. The molecule has 0 spiro atoms. The molecule has 3 aromatic rings. The number of imidazole rings is 1. The molecular formula is C22H25N7O4. The fourth-order valence-electron chi connectivity index (χ4n) is 4.58. The van der Waals surface area contributed by atoms with Crippen LogP contribution < -0.4 is 21.0 Å². The van der Waals surface area contributed by atoms with Crippen molar-refractivity contribution in [1.82, 2.24) is 24.0 Å². The van der Waals surface area contributed by atoms with E-state index in [1.807, 2.05) is 28.9 Å². The molecule has 2 aromatic heterocycles. The van der Waals surface area contributed by atoms with Gasteiger partial charge in [-0.05, 0) is 19.1 Å². The first-order valence-corrected chi connectivity index (χ1v) is 10.8. The molecule has 2 saturated heterocycles. The standard InChI is InChI=1S/C22H25N7O4/c1-13-4-6-14(7-5-13)29-16(30)12-15(19(29)31)27-8-10-28(11-9-27)21-23-17-18(24-21)25(2)22(33)26(3)20(17)32/h4-7,15H,8-12H2,1-3H3,(H,23,24). The van der Waals surface area contributed by atoms with Crippen molar-refractivity contribution in [3.63, 3.8) is 0 Å². The number of carbonyl (C=O) groups excluding carboxylic acids is 2. The Morgan fingerprint density at radius 2 is 1.61 bits per heavy atom. The number of piperazine rings is 1. The van der Waals surface area contributed by atoms with E-state index in [9.17, 15) is 19.2 Å². The summed E-state index contributed by atoms with van der Waals surface area (Å²) in [6.45, 7) is 4.23. The Morgan fingerprint density at radius 1 is 0.939 bits per heavy atom. The first kappa shape index (κ1) is 21.1. The minimum Gasteiger partial charge on any atom is -0.340 e. The maximum Gasteiger partial charge on any atom is 0.332 e. The lowest BCUT2D eigenvalue weighted by Gasteiger charge is -2.36. The fraction of sp³-hybridized carbons (Fsp3) is 0.409. The van der Waals surface area contributed by atoms with Crippen molar-refractivity contribution in [2.45, 2.75) is 19.4 Å². The second-order valence-electron chi connectivity index (χ2n) is 8.61. The number of benzene rings is 1. The van der Waals surface area contributed by atoms with Gasteiger partial charge in [-0.2, -0.15) is 4.98 Å². The summed E-state index contributed by atoms with van der Waals surface area (Å²) in [7, 11) is 3.01. The Kier molecular flexibility index (Phi) is 4.93. The molecule has 11 nitrogen and oxygen atoms in total. The van der Waals surface area contributed by atoms with Gasteiger partial charge in [0.15, 0.2) is 11.2 Å². The van der Waals surface area contributed by atoms with Gasteiger partial charge in [0.1, 0.15) is 0 Å². The number of aryl methyl sites for hydroxylation is 2. The summed E-state index contributed by atoms with van der Waals surface area (Å²) in [5.41, 5.74) is 1.41. The molecule has 0 bridgehead atoms. The summed E-state index contributed by atoms with van der Waals surface area (Å²) in [4.78, 5) is 63.1. The number of rotatable bonds is 3. The second-order valence-corrected chi connectivity index (χ2v) is 8.61. The third-order valence-corrected chi connectivity index (χ3v) is 6.55. The lowest BCUT2D eigenvalue weighted by atomic mass is 10.2. The zero-order chi connectivity index (χ0) is 23.4. The number of H-pyrrole nitrogens is 1. The van der Waals surface area contributed by atoms with Gasteiger partial charge in [-0.25, -0.2) is 9.69 Å². The molecule has 172 valence electrons. The second kappa shape index (κ2) is 7.69. The van der Waals surface area contributed by atoms with Gasteiger partial charge in [-0.1, -0.05) is 17.7 Å². The molecule has 2 aliphatic heterocycles. The Balaban J connectivity index is 1.32. The van der Waals surface area contributed by atoms with E-state index < -0.39 is 17.3 Å². The Hall–Kier alpha value is -3.73. The summed E-state index contributed by atoms with van der Waals surface area (Å²) in [5.74, 6) is 0.128. The molecule has 2 fully saturated rings. The van der Waals surface area contributed by atoms with Crippen LogP contribution in [0.4, 0.5) is 11.6 Å². The van der Waals surface area contributed by atoms with Gasteiger partial charge in [0, 0.05) is 40.3 Å². The molecule has 33 heavy (non-hydrogen) atoms. The predicted octanol–water partition coefficient (Wildman–Crippen LogP) is -0.277. The monoisotopic (exact) mass is 451 g/mol. The summed E-state index contributed by atoms with van der Waals surface area (Å²) < 4.78 is 2.39. The molecule has 2 amide bonds. The Bertz CT molecular complexity index is 1380. The summed E-state index contributed by atoms with van der Waals surface area (Å²) in [6.07, 6.45) is 0.162. The van der Waals surface area contributed by atoms with Crippen molar-refractivity contribution < 1.29 is 9.59 Å². The normalized spacial score (nSPS) is 19.8. The SMILES string of the molecule is Cc1ccc(N2C(=O)CC(N3CCN(c4nc5c([nH]4)c(=O)n(C)c(=O)n5C)CC3)C2=O)cc1. The zero-order valence-electron chi connectivity index (χ0n) is 18.7. The molecule has 0 aliphatic carbocycles. The number of anilines is 2. The van der Waals surface area contributed by atoms with Crippen LogP contribution in [0.15, 0.2) is 33.9 Å². The van der Waals surface area contributed by atoms with Crippen LogP contribution >= 0.6 is 0 Å². The third kappa shape index (κ3) is 3.35. The molecule has 0 saturated carbocycles. The van der Waals surface area contributed by atoms with E-state index in [1.54, 1.807) is 19.2 Å². The number of aromatic amines is 1. The van der Waals surface area contributed by atoms with Gasteiger partial charge in [-0.15, -0.1) is 0 Å². The molecular weight excluding hydrogens is 426 g/mol. The van der Waals surface area contributed by atoms with Crippen molar-refractivity contribution in [2.24, 2.45) is 14.1 Å². The van der Waals surface area contributed by atoms with E-state index in [2.05, 4.69) is 9.97 Å². The van der Waals surface area contributed by atoms with Crippen molar-refractivity contribution in [2.75, 3.05) is 36.0 Å². The molecule has 1 unspecified atom stereocenters. The minimum absolute atomic E-state index is 0.162. The van der Waals surface area contributed by atoms with Gasteiger partial charge in [-0.3, -0.25) is 28.4 Å². The summed E-state index contributed by atoms with van der Waals surface area (Å²) in [6, 6.07) is 6.89. The maximum atomic E-state index is 13.1. The number of imide groups is 1. The fourth-order valence-corrected chi connectivity index (χ4v) is 4.58.